The van der Waals surface area contributed by atoms with Gasteiger partial charge in [-0.1, -0.05) is 0 Å². The van der Waals surface area contributed by atoms with Gasteiger partial charge in [0, 0.05) is 0 Å². The average Bonchev–Trinajstić information content (AvgIpc) is 3.21. The van der Waals surface area contributed by atoms with Crippen LogP contribution in [0.15, 0.2) is 59.7 Å². The van der Waals surface area contributed by atoms with E-state index in [1.165, 1.54) is 17.5 Å². The zero-order valence-electron chi connectivity index (χ0n) is 20.3. The second kappa shape index (κ2) is 8.86. The summed E-state index contributed by atoms with van der Waals surface area (Å²) in [7, 11) is 0. The van der Waals surface area contributed by atoms with Crippen molar-refractivity contribution in [2.24, 2.45) is 10.8 Å². The van der Waals surface area contributed by atoms with Gasteiger partial charge in [0.2, 0.25) is 0 Å². The van der Waals surface area contributed by atoms with E-state index >= 15 is 0 Å². The van der Waals surface area contributed by atoms with Crippen LogP contribution >= 0.6 is 0 Å². The maximum Gasteiger partial charge on any atom is -1.00 e. The van der Waals surface area contributed by atoms with E-state index in [0.717, 1.165) is 7.35 Å². The van der Waals surface area contributed by atoms with E-state index in [4.69, 9.17) is 0 Å². The molecule has 0 bridgehead atoms. The largest absolute Gasteiger partial charge is 1.00 e. The molecule has 1 saturated heterocycles. The van der Waals surface area contributed by atoms with Crippen molar-refractivity contribution in [2.75, 3.05) is 0 Å². The number of rotatable bonds is 2. The predicted molar refractivity (Wildman–Crippen MR) is 127 cm³/mol. The van der Waals surface area contributed by atoms with Crippen LogP contribution in [0.1, 0.15) is 77.6 Å². The van der Waals surface area contributed by atoms with Crippen LogP contribution in [-0.2, 0) is 20.0 Å². The van der Waals surface area contributed by atoms with Crippen LogP contribution in [0.5, 0.6) is 0 Å². The van der Waals surface area contributed by atoms with Gasteiger partial charge in [0.25, 0.3) is 0 Å². The van der Waals surface area contributed by atoms with E-state index in [9.17, 15) is 0 Å². The Morgan fingerprint density at radius 1 is 0.625 bits per heavy atom. The quantitative estimate of drug-likeness (QED) is 0.447. The molecular weight excluding hydrogens is 598 g/mol. The van der Waals surface area contributed by atoms with Gasteiger partial charge >= 0.3 is 189 Å². The van der Waals surface area contributed by atoms with E-state index in [-0.39, 0.29) is 35.6 Å². The van der Waals surface area contributed by atoms with E-state index in [1.807, 2.05) is 0 Å². The average molecular weight is 634 g/mol. The maximum absolute atomic E-state index is 2.83. The smallest absolute Gasteiger partial charge is 1.00 e. The molecule has 0 N–H and O–H groups in total. The Morgan fingerprint density at radius 3 is 1.31 bits per heavy atom. The van der Waals surface area contributed by atoms with Crippen LogP contribution in [0.3, 0.4) is 0 Å². The first-order valence-corrected chi connectivity index (χ1v) is 21.0. The fraction of sp³-hybridized carbons (Fsp3) is 0.448. The summed E-state index contributed by atoms with van der Waals surface area (Å²) in [6.45, 7) is 14.7. The van der Waals surface area contributed by atoms with Gasteiger partial charge in [-0.25, -0.2) is 0 Å². The first-order valence-electron chi connectivity index (χ1n) is 11.7. The van der Waals surface area contributed by atoms with Gasteiger partial charge in [-0.05, 0) is 0 Å². The Labute approximate surface area is 212 Å². The first kappa shape index (κ1) is 26.0. The standard InChI is InChI=1S/2C13H15.C3H6.2ClH.Hf/c2*1-13(2,3)12-8-10-6-4-5-7-11(10)9-12;1-3-2;;;/h2*4-9H,1-3H3;1-3H2;2*1H;/q;;;;;+2/p-2. The molecule has 1 fully saturated rings. The summed E-state index contributed by atoms with van der Waals surface area (Å²) < 4.78 is 4.58. The molecule has 2 atom stereocenters. The molecule has 2 aliphatic carbocycles. The summed E-state index contributed by atoms with van der Waals surface area (Å²) in [6, 6.07) is 18.7. The monoisotopic (exact) mass is 634 g/mol. The van der Waals surface area contributed by atoms with Gasteiger partial charge in [-0.15, -0.1) is 0 Å². The minimum Gasteiger partial charge on any atom is -1.00 e. The molecule has 2 unspecified atom stereocenters. The summed E-state index contributed by atoms with van der Waals surface area (Å²) in [6.07, 6.45) is 6.62. The van der Waals surface area contributed by atoms with Gasteiger partial charge in [-0.3, -0.25) is 0 Å². The fourth-order valence-corrected chi connectivity index (χ4v) is 30.6. The predicted octanol–water partition coefficient (Wildman–Crippen LogP) is 2.76. The minimum absolute atomic E-state index is 0. The molecule has 0 radical (unpaired) electrons. The van der Waals surface area contributed by atoms with Crippen molar-refractivity contribution < 1.29 is 44.8 Å². The fourth-order valence-electron chi connectivity index (χ4n) is 6.51. The minimum atomic E-state index is -2.83. The molecule has 5 rings (SSSR count). The molecule has 0 nitrogen and oxygen atoms in total. The molecule has 1 heterocycles. The Balaban J connectivity index is 0.00000144. The summed E-state index contributed by atoms with van der Waals surface area (Å²) in [5, 5.41) is 0. The third-order valence-electron chi connectivity index (χ3n) is 8.02. The van der Waals surface area contributed by atoms with E-state index in [2.05, 4.69) is 102 Å². The normalized spacial score (nSPS) is 22.1. The summed E-state index contributed by atoms with van der Waals surface area (Å²) >= 11 is -2.83. The second-order valence-electron chi connectivity index (χ2n) is 11.9. The van der Waals surface area contributed by atoms with Crippen molar-refractivity contribution in [3.8, 4) is 0 Å². The summed E-state index contributed by atoms with van der Waals surface area (Å²) in [4.78, 5) is 0. The van der Waals surface area contributed by atoms with Crippen LogP contribution in [0.2, 0.25) is 8.35 Å². The zero-order valence-corrected chi connectivity index (χ0v) is 25.4. The van der Waals surface area contributed by atoms with Gasteiger partial charge in [-0.2, -0.15) is 0 Å². The summed E-state index contributed by atoms with van der Waals surface area (Å²) in [5.74, 6) is 0. The molecule has 2 aromatic carbocycles. The SMILES string of the molecule is CC(C)(C)C1=Cc2ccccc2[CH]1[Hf+2]1([CH]2C(C(C)(C)C)=Cc3ccccc32)[CH2]C[CH2]1.[Cl-].[Cl-]. The zero-order chi connectivity index (χ0) is 21.3. The molecule has 2 aromatic rings. The van der Waals surface area contributed by atoms with Crippen LogP contribution in [0.25, 0.3) is 12.2 Å². The van der Waals surface area contributed by atoms with Crippen molar-refractivity contribution >= 4 is 12.2 Å². The topological polar surface area (TPSA) is 0 Å². The van der Waals surface area contributed by atoms with Gasteiger partial charge in [0.15, 0.2) is 0 Å². The Morgan fingerprint density at radius 2 is 1.00 bits per heavy atom. The van der Waals surface area contributed by atoms with Crippen molar-refractivity contribution in [3.05, 3.63) is 81.9 Å². The van der Waals surface area contributed by atoms with Crippen LogP contribution in [0, 0.1) is 10.8 Å². The van der Waals surface area contributed by atoms with Gasteiger partial charge in [0.05, 0.1) is 0 Å². The van der Waals surface area contributed by atoms with E-state index < -0.39 is 20.0 Å². The van der Waals surface area contributed by atoms with E-state index in [1.54, 1.807) is 30.6 Å². The summed E-state index contributed by atoms with van der Waals surface area (Å²) in [5.41, 5.74) is 10.3. The molecule has 3 heteroatoms. The van der Waals surface area contributed by atoms with Gasteiger partial charge < -0.3 is 24.8 Å². The van der Waals surface area contributed by atoms with Crippen molar-refractivity contribution in [2.45, 2.75) is 63.7 Å². The Bertz CT molecular complexity index is 980. The third-order valence-corrected chi connectivity index (χ3v) is 30.0. The number of halogens is 2. The third kappa shape index (κ3) is 3.95. The van der Waals surface area contributed by atoms with Crippen molar-refractivity contribution in [1.29, 1.82) is 0 Å². The molecule has 0 saturated carbocycles. The molecule has 0 amide bonds. The molecule has 170 valence electrons. The number of benzene rings is 2. The number of hydrogen-bond donors (Lipinski definition) is 0. The number of hydrogen-bond acceptors (Lipinski definition) is 0. The van der Waals surface area contributed by atoms with Gasteiger partial charge in [0.1, 0.15) is 0 Å². The van der Waals surface area contributed by atoms with Crippen LogP contribution in [0.4, 0.5) is 0 Å². The molecule has 0 spiro atoms. The van der Waals surface area contributed by atoms with Crippen molar-refractivity contribution in [3.63, 3.8) is 0 Å². The Hall–Kier alpha value is -0.630. The Kier molecular flexibility index (Phi) is 7.20. The van der Waals surface area contributed by atoms with Crippen molar-refractivity contribution in [1.82, 2.24) is 0 Å². The first-order chi connectivity index (χ1) is 14.1. The maximum atomic E-state index is 2.58. The molecular formula is C29H36Cl2Hf. The molecule has 0 aromatic heterocycles. The molecule has 32 heavy (non-hydrogen) atoms. The molecule has 1 aliphatic heterocycles. The number of fused-ring (bicyclic) bond motifs is 2. The van der Waals surface area contributed by atoms with Crippen LogP contribution < -0.4 is 24.8 Å². The van der Waals surface area contributed by atoms with E-state index in [0.29, 0.717) is 0 Å². The van der Waals surface area contributed by atoms with Crippen LogP contribution in [-0.4, -0.2) is 0 Å². The number of allylic oxidation sites excluding steroid dienone is 2. The molecule has 3 aliphatic rings. The second-order valence-corrected chi connectivity index (χ2v) is 28.5.